The van der Waals surface area contributed by atoms with E-state index in [0.29, 0.717) is 11.5 Å². The third-order valence-electron chi connectivity index (χ3n) is 4.80. The van der Waals surface area contributed by atoms with Crippen LogP contribution in [0.15, 0.2) is 42.6 Å². The molecule has 1 saturated heterocycles. The van der Waals surface area contributed by atoms with E-state index in [1.165, 1.54) is 6.07 Å². The van der Waals surface area contributed by atoms with E-state index >= 15 is 0 Å². The summed E-state index contributed by atoms with van der Waals surface area (Å²) in [6.07, 6.45) is 2.28. The third-order valence-corrected chi connectivity index (χ3v) is 4.80. The van der Waals surface area contributed by atoms with Crippen molar-refractivity contribution in [2.75, 3.05) is 16.8 Å². The molecule has 28 heavy (non-hydrogen) atoms. The van der Waals surface area contributed by atoms with Crippen LogP contribution in [0.4, 0.5) is 16.0 Å². The van der Waals surface area contributed by atoms with E-state index in [1.807, 2.05) is 32.0 Å². The average molecular weight is 385 g/mol. The zero-order valence-corrected chi connectivity index (χ0v) is 15.9. The zero-order chi connectivity index (χ0) is 19.7. The molecule has 2 unspecified atom stereocenters. The van der Waals surface area contributed by atoms with E-state index in [2.05, 4.69) is 15.2 Å². The van der Waals surface area contributed by atoms with Crippen molar-refractivity contribution in [3.63, 3.8) is 0 Å². The second kappa shape index (κ2) is 7.73. The summed E-state index contributed by atoms with van der Waals surface area (Å²) in [4.78, 5) is 6.49. The molecule has 1 aromatic carbocycles. The third kappa shape index (κ3) is 3.79. The number of nitrogens with one attached hydrogen (secondary N) is 1. The number of ether oxygens (including phenoxy) is 1. The molecule has 0 saturated carbocycles. The molecule has 148 valence electrons. The van der Waals surface area contributed by atoms with Gasteiger partial charge in [-0.1, -0.05) is 12.1 Å². The smallest absolute Gasteiger partial charge is 0.236 e. The van der Waals surface area contributed by atoms with Crippen LogP contribution in [-0.2, 0) is 4.74 Å². The largest absolute Gasteiger partial charge is 0.351 e. The van der Waals surface area contributed by atoms with Gasteiger partial charge in [0.2, 0.25) is 6.41 Å². The Morgan fingerprint density at radius 1 is 1.29 bits per heavy atom. The fourth-order valence-corrected chi connectivity index (χ4v) is 3.63. The van der Waals surface area contributed by atoms with Crippen molar-refractivity contribution in [2.45, 2.75) is 45.2 Å². The summed E-state index contributed by atoms with van der Waals surface area (Å²) in [5.74, 6) is 1.08. The van der Waals surface area contributed by atoms with Crippen LogP contribution >= 0.6 is 0 Å². The SMILES string of the molecule is CC(C)OC(O)Nc1cnc2ccc(N3CCCC3c3cccc(F)c3)nn12. The van der Waals surface area contributed by atoms with Crippen molar-refractivity contribution in [3.05, 3.63) is 54.0 Å². The molecule has 1 aliphatic heterocycles. The molecular weight excluding hydrogens is 361 g/mol. The number of fused-ring (bicyclic) bond motifs is 1. The van der Waals surface area contributed by atoms with Gasteiger partial charge in [-0.2, -0.15) is 4.52 Å². The zero-order valence-electron chi connectivity index (χ0n) is 15.9. The van der Waals surface area contributed by atoms with Crippen molar-refractivity contribution in [2.24, 2.45) is 0 Å². The first-order valence-electron chi connectivity index (χ1n) is 9.48. The van der Waals surface area contributed by atoms with Crippen LogP contribution < -0.4 is 10.2 Å². The molecule has 2 atom stereocenters. The average Bonchev–Trinajstić information content (AvgIpc) is 3.28. The molecule has 2 N–H and O–H groups in total. The fraction of sp³-hybridized carbons (Fsp3) is 0.400. The number of hydrogen-bond donors (Lipinski definition) is 2. The molecule has 1 fully saturated rings. The first-order chi connectivity index (χ1) is 13.5. The molecule has 3 aromatic rings. The van der Waals surface area contributed by atoms with Crippen LogP contribution in [0.25, 0.3) is 5.65 Å². The van der Waals surface area contributed by atoms with Crippen molar-refractivity contribution < 1.29 is 14.2 Å². The van der Waals surface area contributed by atoms with Gasteiger partial charge in [0.15, 0.2) is 11.5 Å². The Bertz CT molecular complexity index is 961. The first-order valence-corrected chi connectivity index (χ1v) is 9.48. The van der Waals surface area contributed by atoms with Crippen LogP contribution in [-0.4, -0.2) is 38.8 Å². The molecule has 8 heteroatoms. The van der Waals surface area contributed by atoms with Crippen molar-refractivity contribution in [1.82, 2.24) is 14.6 Å². The Morgan fingerprint density at radius 2 is 2.14 bits per heavy atom. The molecule has 1 aliphatic rings. The Hall–Kier alpha value is -2.71. The van der Waals surface area contributed by atoms with Gasteiger partial charge >= 0.3 is 0 Å². The molecule has 0 aliphatic carbocycles. The quantitative estimate of drug-likeness (QED) is 0.634. The van der Waals surface area contributed by atoms with E-state index < -0.39 is 6.41 Å². The van der Waals surface area contributed by atoms with Gasteiger partial charge in [-0.05, 0) is 56.5 Å². The monoisotopic (exact) mass is 385 g/mol. The number of aliphatic hydroxyl groups is 1. The number of halogens is 1. The Morgan fingerprint density at radius 3 is 2.93 bits per heavy atom. The first kappa shape index (κ1) is 18.6. The van der Waals surface area contributed by atoms with E-state index in [-0.39, 0.29) is 18.0 Å². The molecule has 0 amide bonds. The molecule has 4 rings (SSSR count). The number of aliphatic hydroxyl groups excluding tert-OH is 1. The topological polar surface area (TPSA) is 74.9 Å². The van der Waals surface area contributed by atoms with Gasteiger partial charge in [-0.15, -0.1) is 5.10 Å². The van der Waals surface area contributed by atoms with Gasteiger partial charge in [0.05, 0.1) is 18.3 Å². The predicted molar refractivity (Wildman–Crippen MR) is 105 cm³/mol. The summed E-state index contributed by atoms with van der Waals surface area (Å²) in [6.45, 7) is 4.53. The summed E-state index contributed by atoms with van der Waals surface area (Å²) in [6, 6.07) is 10.6. The Kier molecular flexibility index (Phi) is 5.15. The maximum absolute atomic E-state index is 13.7. The predicted octanol–water partition coefficient (Wildman–Crippen LogP) is 3.32. The number of imidazole rings is 1. The summed E-state index contributed by atoms with van der Waals surface area (Å²) >= 11 is 0. The van der Waals surface area contributed by atoms with Gasteiger partial charge in [-0.3, -0.25) is 0 Å². The van der Waals surface area contributed by atoms with E-state index in [4.69, 9.17) is 9.84 Å². The minimum Gasteiger partial charge on any atom is -0.351 e. The normalized spacial score (nSPS) is 18.2. The van der Waals surface area contributed by atoms with E-state index in [1.54, 1.807) is 22.8 Å². The van der Waals surface area contributed by atoms with Gasteiger partial charge in [-0.25, -0.2) is 9.37 Å². The van der Waals surface area contributed by atoms with Crippen molar-refractivity contribution >= 4 is 17.3 Å². The van der Waals surface area contributed by atoms with Crippen LogP contribution in [0.3, 0.4) is 0 Å². The standard InChI is InChI=1S/C20H24FN5O2/c1-13(2)28-20(27)23-19-12-22-17-8-9-18(24-26(17)19)25-10-4-7-16(25)14-5-3-6-15(21)11-14/h3,5-6,8-9,11-13,16,20,23,27H,4,7,10H2,1-2H3. The lowest BCUT2D eigenvalue weighted by molar-refractivity contribution is -0.106. The minimum atomic E-state index is -1.16. The lowest BCUT2D eigenvalue weighted by atomic mass is 10.0. The maximum Gasteiger partial charge on any atom is 0.236 e. The van der Waals surface area contributed by atoms with E-state index in [9.17, 15) is 9.50 Å². The van der Waals surface area contributed by atoms with Gasteiger partial charge < -0.3 is 20.1 Å². The van der Waals surface area contributed by atoms with Crippen LogP contribution in [0.5, 0.6) is 0 Å². The highest BCUT2D eigenvalue weighted by Crippen LogP contribution is 2.35. The molecule has 3 heterocycles. The molecular formula is C20H24FN5O2. The lowest BCUT2D eigenvalue weighted by Crippen LogP contribution is -2.27. The lowest BCUT2D eigenvalue weighted by Gasteiger charge is -2.26. The number of hydrogen-bond acceptors (Lipinski definition) is 6. The molecule has 0 radical (unpaired) electrons. The second-order valence-corrected chi connectivity index (χ2v) is 7.19. The highest BCUT2D eigenvalue weighted by atomic mass is 19.1. The Balaban J connectivity index is 1.62. The maximum atomic E-state index is 13.7. The molecule has 0 bridgehead atoms. The summed E-state index contributed by atoms with van der Waals surface area (Å²) < 4.78 is 20.7. The fourth-order valence-electron chi connectivity index (χ4n) is 3.63. The number of anilines is 2. The molecule has 7 nitrogen and oxygen atoms in total. The van der Waals surface area contributed by atoms with Crippen LogP contribution in [0.2, 0.25) is 0 Å². The van der Waals surface area contributed by atoms with Crippen molar-refractivity contribution in [3.8, 4) is 0 Å². The number of benzene rings is 1. The number of rotatable bonds is 6. The summed E-state index contributed by atoms with van der Waals surface area (Å²) in [5, 5.41) is 17.6. The van der Waals surface area contributed by atoms with Crippen molar-refractivity contribution in [1.29, 1.82) is 0 Å². The molecule has 0 spiro atoms. The van der Waals surface area contributed by atoms with Crippen LogP contribution in [0.1, 0.15) is 38.3 Å². The number of aromatic nitrogens is 3. The molecule has 2 aromatic heterocycles. The van der Waals surface area contributed by atoms with Crippen LogP contribution in [0, 0.1) is 5.82 Å². The second-order valence-electron chi connectivity index (χ2n) is 7.19. The van der Waals surface area contributed by atoms with Gasteiger partial charge in [0, 0.05) is 6.54 Å². The summed E-state index contributed by atoms with van der Waals surface area (Å²) in [7, 11) is 0. The van der Waals surface area contributed by atoms with E-state index in [0.717, 1.165) is 30.8 Å². The van der Waals surface area contributed by atoms with Gasteiger partial charge in [0.25, 0.3) is 0 Å². The highest BCUT2D eigenvalue weighted by molar-refractivity contribution is 5.54. The highest BCUT2D eigenvalue weighted by Gasteiger charge is 2.28. The Labute approximate surface area is 162 Å². The van der Waals surface area contributed by atoms with Gasteiger partial charge in [0.1, 0.15) is 11.6 Å². The number of nitrogens with zero attached hydrogens (tertiary/aromatic N) is 4. The minimum absolute atomic E-state index is 0.0791. The summed E-state index contributed by atoms with van der Waals surface area (Å²) in [5.41, 5.74) is 1.61.